The van der Waals surface area contributed by atoms with Gasteiger partial charge in [0.2, 0.25) is 0 Å². The second kappa shape index (κ2) is 14.7. The van der Waals surface area contributed by atoms with Crippen molar-refractivity contribution in [2.24, 2.45) is 0 Å². The molecule has 0 N–H and O–H groups in total. The quantitative estimate of drug-likeness (QED) is 0.163. The summed E-state index contributed by atoms with van der Waals surface area (Å²) in [6.45, 7) is 8.76. The fraction of sp³-hybridized carbons (Fsp3) is 0.0755. The Morgan fingerprint density at radius 2 is 0.667 bits per heavy atom. The molecule has 1 heteroatoms. The topological polar surface area (TPSA) is 23.8 Å². The van der Waals surface area contributed by atoms with Crippen LogP contribution < -0.4 is 0 Å². The van der Waals surface area contributed by atoms with Crippen molar-refractivity contribution in [2.75, 3.05) is 0 Å². The van der Waals surface area contributed by atoms with Crippen LogP contribution in [-0.4, -0.2) is 0 Å². The van der Waals surface area contributed by atoms with Gasteiger partial charge in [-0.2, -0.15) is 5.26 Å². The summed E-state index contributed by atoms with van der Waals surface area (Å²) in [5, 5.41) is 10.3. The third-order valence-corrected chi connectivity index (χ3v) is 10.8. The van der Waals surface area contributed by atoms with Crippen LogP contribution in [-0.2, 0) is 0 Å². The van der Waals surface area contributed by atoms with Gasteiger partial charge in [0.25, 0.3) is 0 Å². The molecule has 0 unspecified atom stereocenters. The lowest BCUT2D eigenvalue weighted by molar-refractivity contribution is 1.40. The minimum atomic E-state index is 0.640. The number of hydrogen-bond acceptors (Lipinski definition) is 1. The Hall–Kier alpha value is -6.75. The minimum Gasteiger partial charge on any atom is -0.192 e. The second-order valence-electron chi connectivity index (χ2n) is 14.2. The van der Waals surface area contributed by atoms with Crippen molar-refractivity contribution in [1.82, 2.24) is 0 Å². The van der Waals surface area contributed by atoms with Crippen LogP contribution in [0.4, 0.5) is 0 Å². The highest BCUT2D eigenvalue weighted by Gasteiger charge is 2.15. The lowest BCUT2D eigenvalue weighted by Crippen LogP contribution is -1.93. The molecule has 0 radical (unpaired) electrons. The SMILES string of the molecule is Cc1ccccc1-c1cccc(-c2cccc(-c3cc(-c4ccccc4)cc(-c4cc(C#N)cc(-c5cccc(-c6ccccc6C)c5C)c4)c3)c2)c1C. The maximum Gasteiger partial charge on any atom is 0.0992 e. The van der Waals surface area contributed by atoms with Gasteiger partial charge in [0, 0.05) is 0 Å². The smallest absolute Gasteiger partial charge is 0.0992 e. The summed E-state index contributed by atoms with van der Waals surface area (Å²) >= 11 is 0. The van der Waals surface area contributed by atoms with E-state index in [1.807, 2.05) is 12.1 Å². The predicted molar refractivity (Wildman–Crippen MR) is 228 cm³/mol. The van der Waals surface area contributed by atoms with Crippen LogP contribution in [0.25, 0.3) is 77.9 Å². The molecule has 0 aliphatic carbocycles. The molecular weight excluding hydrogens is 651 g/mol. The lowest BCUT2D eigenvalue weighted by atomic mass is 9.87. The zero-order chi connectivity index (χ0) is 37.2. The Morgan fingerprint density at radius 3 is 1.26 bits per heavy atom. The van der Waals surface area contributed by atoms with E-state index in [1.165, 1.54) is 55.6 Å². The largest absolute Gasteiger partial charge is 0.192 e. The molecule has 0 saturated carbocycles. The highest BCUT2D eigenvalue weighted by molar-refractivity contribution is 5.87. The van der Waals surface area contributed by atoms with Crippen LogP contribution >= 0.6 is 0 Å². The maximum absolute atomic E-state index is 10.3. The molecule has 0 heterocycles. The van der Waals surface area contributed by atoms with Crippen molar-refractivity contribution in [3.63, 3.8) is 0 Å². The summed E-state index contributed by atoms with van der Waals surface area (Å²) < 4.78 is 0. The average Bonchev–Trinajstić information content (AvgIpc) is 3.21. The van der Waals surface area contributed by atoms with E-state index in [0.717, 1.165) is 44.5 Å². The fourth-order valence-electron chi connectivity index (χ4n) is 7.87. The van der Waals surface area contributed by atoms with Gasteiger partial charge in [-0.25, -0.2) is 0 Å². The lowest BCUT2D eigenvalue weighted by Gasteiger charge is -2.17. The predicted octanol–water partition coefficient (Wildman–Crippen LogP) is 14.5. The minimum absolute atomic E-state index is 0.640. The van der Waals surface area contributed by atoms with E-state index in [2.05, 4.69) is 198 Å². The summed E-state index contributed by atoms with van der Waals surface area (Å²) in [5.74, 6) is 0. The van der Waals surface area contributed by atoms with Crippen LogP contribution in [0.2, 0.25) is 0 Å². The van der Waals surface area contributed by atoms with Crippen LogP contribution in [0.3, 0.4) is 0 Å². The van der Waals surface area contributed by atoms with Gasteiger partial charge in [0.15, 0.2) is 0 Å². The highest BCUT2D eigenvalue weighted by atomic mass is 14.2. The second-order valence-corrected chi connectivity index (χ2v) is 14.2. The molecule has 8 aromatic rings. The van der Waals surface area contributed by atoms with Crippen molar-refractivity contribution in [2.45, 2.75) is 27.7 Å². The zero-order valence-corrected chi connectivity index (χ0v) is 31.2. The first-order valence-electron chi connectivity index (χ1n) is 18.6. The molecule has 0 aromatic heterocycles. The van der Waals surface area contributed by atoms with E-state index in [0.29, 0.717) is 5.56 Å². The number of hydrogen-bond donors (Lipinski definition) is 0. The first-order valence-corrected chi connectivity index (χ1v) is 18.6. The molecule has 54 heavy (non-hydrogen) atoms. The molecule has 0 atom stereocenters. The maximum atomic E-state index is 10.3. The van der Waals surface area contributed by atoms with Crippen LogP contribution in [0.5, 0.6) is 0 Å². The standard InChI is InChI=1S/C53H41N/c1-35-15-8-10-21-48(35)52-25-13-23-50(37(52)3)42-20-12-19-41(29-42)45-30-44(40-17-6-5-7-18-40)31-46(32-45)43-27-39(34-54)28-47(33-43)51-24-14-26-53(38(51)4)49-22-11-9-16-36(49)2/h5-33H,1-4H3. The van der Waals surface area contributed by atoms with E-state index in [1.54, 1.807) is 0 Å². The van der Waals surface area contributed by atoms with Gasteiger partial charge in [0.05, 0.1) is 11.6 Å². The van der Waals surface area contributed by atoms with Crippen molar-refractivity contribution in [1.29, 1.82) is 5.26 Å². The number of benzene rings is 8. The first-order chi connectivity index (χ1) is 26.4. The zero-order valence-electron chi connectivity index (χ0n) is 31.2. The molecule has 258 valence electrons. The average molecular weight is 692 g/mol. The number of nitriles is 1. The molecule has 0 aliphatic rings. The molecule has 0 amide bonds. The van der Waals surface area contributed by atoms with Gasteiger partial charge in [-0.05, 0) is 170 Å². The van der Waals surface area contributed by atoms with Gasteiger partial charge in [-0.3, -0.25) is 0 Å². The first kappa shape index (κ1) is 34.3. The Morgan fingerprint density at radius 1 is 0.296 bits per heavy atom. The number of aryl methyl sites for hydroxylation is 2. The molecule has 0 bridgehead atoms. The summed E-state index contributed by atoms with van der Waals surface area (Å²) in [6.07, 6.45) is 0. The van der Waals surface area contributed by atoms with Gasteiger partial charge in [-0.1, -0.05) is 133 Å². The van der Waals surface area contributed by atoms with Crippen molar-refractivity contribution in [3.05, 3.63) is 204 Å². The Balaban J connectivity index is 1.26. The van der Waals surface area contributed by atoms with Crippen LogP contribution in [0, 0.1) is 39.0 Å². The molecule has 8 aromatic carbocycles. The van der Waals surface area contributed by atoms with Crippen LogP contribution in [0.15, 0.2) is 176 Å². The number of rotatable bonds is 7. The van der Waals surface area contributed by atoms with Gasteiger partial charge in [-0.15, -0.1) is 0 Å². The molecule has 0 spiro atoms. The van der Waals surface area contributed by atoms with E-state index >= 15 is 0 Å². The molecule has 0 aliphatic heterocycles. The third kappa shape index (κ3) is 6.67. The van der Waals surface area contributed by atoms with E-state index < -0.39 is 0 Å². The summed E-state index contributed by atoms with van der Waals surface area (Å²) in [4.78, 5) is 0. The highest BCUT2D eigenvalue weighted by Crippen LogP contribution is 2.40. The third-order valence-electron chi connectivity index (χ3n) is 10.8. The van der Waals surface area contributed by atoms with E-state index in [4.69, 9.17) is 0 Å². The molecule has 0 saturated heterocycles. The van der Waals surface area contributed by atoms with Gasteiger partial charge >= 0.3 is 0 Å². The summed E-state index contributed by atoms with van der Waals surface area (Å²) in [5.41, 5.74) is 21.8. The van der Waals surface area contributed by atoms with Gasteiger partial charge < -0.3 is 0 Å². The van der Waals surface area contributed by atoms with Crippen molar-refractivity contribution < 1.29 is 0 Å². The van der Waals surface area contributed by atoms with E-state index in [-0.39, 0.29) is 0 Å². The molecule has 8 rings (SSSR count). The number of nitrogens with zero attached hydrogens (tertiary/aromatic N) is 1. The normalized spacial score (nSPS) is 10.9. The Kier molecular flexibility index (Phi) is 9.35. The van der Waals surface area contributed by atoms with Crippen molar-refractivity contribution in [3.8, 4) is 84.0 Å². The van der Waals surface area contributed by atoms with E-state index in [9.17, 15) is 5.26 Å². The Labute approximate surface area is 319 Å². The fourth-order valence-corrected chi connectivity index (χ4v) is 7.87. The Bertz CT molecular complexity index is 2710. The molecular formula is C53H41N. The van der Waals surface area contributed by atoms with Crippen molar-refractivity contribution >= 4 is 0 Å². The molecule has 0 fully saturated rings. The summed E-state index contributed by atoms with van der Waals surface area (Å²) in [6, 6.07) is 65.3. The summed E-state index contributed by atoms with van der Waals surface area (Å²) in [7, 11) is 0. The monoisotopic (exact) mass is 691 g/mol. The van der Waals surface area contributed by atoms with Gasteiger partial charge in [0.1, 0.15) is 0 Å². The van der Waals surface area contributed by atoms with Crippen LogP contribution in [0.1, 0.15) is 27.8 Å². The molecule has 1 nitrogen and oxygen atoms in total.